The van der Waals surface area contributed by atoms with Crippen molar-refractivity contribution in [1.29, 1.82) is 0 Å². The summed E-state index contributed by atoms with van der Waals surface area (Å²) in [5, 5.41) is 18.0. The standard InChI is InChI=1S/C23H29FN4O5/c1-13(29)25-10-16(11-26-14(2)30)28-12-18(23(32)33)22(31)17-8-19(24)20(9-21(17)28)27-15-6-4-3-5-7-15/h8-9,12,15-16,27H,3-7,10-11H2,1-2H3,(H,25,29)(H,26,30)(H,32,33). The fraction of sp³-hybridized carbons (Fsp3) is 0.478. The smallest absolute Gasteiger partial charge is 0.341 e. The van der Waals surface area contributed by atoms with Crippen molar-refractivity contribution >= 4 is 34.4 Å². The molecule has 178 valence electrons. The first-order valence-electron chi connectivity index (χ1n) is 11.0. The van der Waals surface area contributed by atoms with Crippen molar-refractivity contribution in [1.82, 2.24) is 15.2 Å². The Balaban J connectivity index is 2.15. The first kappa shape index (κ1) is 24.2. The number of pyridine rings is 1. The van der Waals surface area contributed by atoms with Crippen molar-refractivity contribution in [3.05, 3.63) is 39.9 Å². The third-order valence-corrected chi connectivity index (χ3v) is 5.88. The number of rotatable bonds is 8. The number of carboxylic acid groups (broad SMARTS) is 1. The van der Waals surface area contributed by atoms with E-state index in [0.29, 0.717) is 5.52 Å². The van der Waals surface area contributed by atoms with Crippen molar-refractivity contribution in [2.45, 2.75) is 58.0 Å². The fourth-order valence-corrected chi connectivity index (χ4v) is 4.19. The van der Waals surface area contributed by atoms with E-state index in [-0.39, 0.29) is 42.0 Å². The molecule has 0 atom stereocenters. The number of fused-ring (bicyclic) bond motifs is 1. The van der Waals surface area contributed by atoms with Gasteiger partial charge in [-0.25, -0.2) is 9.18 Å². The van der Waals surface area contributed by atoms with Crippen molar-refractivity contribution in [3.8, 4) is 0 Å². The van der Waals surface area contributed by atoms with Crippen molar-refractivity contribution in [3.63, 3.8) is 0 Å². The molecule has 0 bridgehead atoms. The van der Waals surface area contributed by atoms with Crippen molar-refractivity contribution < 1.29 is 23.9 Å². The van der Waals surface area contributed by atoms with Gasteiger partial charge in [0.05, 0.1) is 17.2 Å². The molecule has 2 amide bonds. The molecule has 0 radical (unpaired) electrons. The second-order valence-corrected chi connectivity index (χ2v) is 8.44. The molecule has 0 unspecified atom stereocenters. The van der Waals surface area contributed by atoms with Crippen LogP contribution in [0.5, 0.6) is 0 Å². The van der Waals surface area contributed by atoms with Gasteiger partial charge >= 0.3 is 5.97 Å². The number of nitrogens with zero attached hydrogens (tertiary/aromatic N) is 1. The largest absolute Gasteiger partial charge is 0.477 e. The van der Waals surface area contributed by atoms with Gasteiger partial charge in [0, 0.05) is 44.6 Å². The van der Waals surface area contributed by atoms with Gasteiger partial charge < -0.3 is 25.6 Å². The lowest BCUT2D eigenvalue weighted by molar-refractivity contribution is -0.119. The summed E-state index contributed by atoms with van der Waals surface area (Å²) in [7, 11) is 0. The summed E-state index contributed by atoms with van der Waals surface area (Å²) in [6, 6.07) is 2.05. The third kappa shape index (κ3) is 5.88. The van der Waals surface area contributed by atoms with E-state index >= 15 is 0 Å². The Labute approximate surface area is 190 Å². The third-order valence-electron chi connectivity index (χ3n) is 5.88. The number of hydrogen-bond donors (Lipinski definition) is 4. The Bertz CT molecular complexity index is 1110. The summed E-state index contributed by atoms with van der Waals surface area (Å²) in [5.74, 6) is -2.70. The lowest BCUT2D eigenvalue weighted by Crippen LogP contribution is -2.37. The van der Waals surface area contributed by atoms with Gasteiger partial charge in [-0.2, -0.15) is 0 Å². The number of halogens is 1. The predicted octanol–water partition coefficient (Wildman–Crippen LogP) is 2.40. The molecule has 1 aromatic carbocycles. The second-order valence-electron chi connectivity index (χ2n) is 8.44. The number of hydrogen-bond acceptors (Lipinski definition) is 5. The van der Waals surface area contributed by atoms with Gasteiger partial charge in [0.15, 0.2) is 0 Å². The Kier molecular flexibility index (Phi) is 7.67. The number of carboxylic acids is 1. The lowest BCUT2D eigenvalue weighted by Gasteiger charge is -2.26. The monoisotopic (exact) mass is 460 g/mol. The molecule has 10 heteroatoms. The predicted molar refractivity (Wildman–Crippen MR) is 122 cm³/mol. The number of aromatic carboxylic acids is 1. The van der Waals surface area contributed by atoms with Crippen LogP contribution in [-0.4, -0.2) is 46.6 Å². The molecule has 1 aliphatic rings. The summed E-state index contributed by atoms with van der Waals surface area (Å²) < 4.78 is 16.5. The number of aromatic nitrogens is 1. The van der Waals surface area contributed by atoms with Gasteiger partial charge in [-0.15, -0.1) is 0 Å². The second kappa shape index (κ2) is 10.5. The van der Waals surface area contributed by atoms with Gasteiger partial charge in [-0.3, -0.25) is 14.4 Å². The van der Waals surface area contributed by atoms with E-state index in [1.165, 1.54) is 30.7 Å². The van der Waals surface area contributed by atoms with E-state index in [4.69, 9.17) is 0 Å². The highest BCUT2D eigenvalue weighted by atomic mass is 19.1. The number of nitrogens with one attached hydrogen (secondary N) is 3. The molecule has 2 aromatic rings. The molecule has 1 saturated carbocycles. The highest BCUT2D eigenvalue weighted by molar-refractivity contribution is 5.93. The lowest BCUT2D eigenvalue weighted by atomic mass is 9.95. The summed E-state index contributed by atoms with van der Waals surface area (Å²) >= 11 is 0. The maximum absolute atomic E-state index is 15.0. The summed E-state index contributed by atoms with van der Waals surface area (Å²) in [5.41, 5.74) is -0.783. The normalized spacial score (nSPS) is 14.3. The minimum Gasteiger partial charge on any atom is -0.477 e. The zero-order chi connectivity index (χ0) is 24.1. The average molecular weight is 461 g/mol. The minimum absolute atomic E-state index is 0.0649. The van der Waals surface area contributed by atoms with Crippen LogP contribution in [0.4, 0.5) is 10.1 Å². The van der Waals surface area contributed by atoms with E-state index < -0.39 is 28.8 Å². The van der Waals surface area contributed by atoms with Gasteiger partial charge in [-0.1, -0.05) is 19.3 Å². The van der Waals surface area contributed by atoms with Crippen LogP contribution in [0, 0.1) is 5.82 Å². The SMILES string of the molecule is CC(=O)NCC(CNC(C)=O)n1cc(C(=O)O)c(=O)c2cc(F)c(NC3CCCCC3)cc21. The zero-order valence-electron chi connectivity index (χ0n) is 18.7. The number of amides is 2. The molecule has 0 spiro atoms. The first-order valence-corrected chi connectivity index (χ1v) is 11.0. The van der Waals surface area contributed by atoms with Gasteiger partial charge in [-0.05, 0) is 25.0 Å². The highest BCUT2D eigenvalue weighted by Crippen LogP contribution is 2.27. The van der Waals surface area contributed by atoms with E-state index in [1.807, 2.05) is 0 Å². The molecular formula is C23H29FN4O5. The van der Waals surface area contributed by atoms with Crippen LogP contribution in [0.2, 0.25) is 0 Å². The van der Waals surface area contributed by atoms with Crippen LogP contribution in [0.25, 0.3) is 10.9 Å². The van der Waals surface area contributed by atoms with Crippen molar-refractivity contribution in [2.75, 3.05) is 18.4 Å². The van der Waals surface area contributed by atoms with Crippen LogP contribution >= 0.6 is 0 Å². The Morgan fingerprint density at radius 2 is 1.70 bits per heavy atom. The topological polar surface area (TPSA) is 130 Å². The Morgan fingerprint density at radius 3 is 2.24 bits per heavy atom. The highest BCUT2D eigenvalue weighted by Gasteiger charge is 2.23. The van der Waals surface area contributed by atoms with E-state index in [2.05, 4.69) is 16.0 Å². The van der Waals surface area contributed by atoms with Gasteiger partial charge in [0.2, 0.25) is 17.2 Å². The summed E-state index contributed by atoms with van der Waals surface area (Å²) in [6.45, 7) is 2.80. The molecule has 0 aliphatic heterocycles. The number of carbonyl (C=O) groups excluding carboxylic acids is 2. The van der Waals surface area contributed by atoms with E-state index in [0.717, 1.165) is 38.2 Å². The number of carbonyl (C=O) groups is 3. The Hall–Kier alpha value is -3.43. The zero-order valence-corrected chi connectivity index (χ0v) is 18.7. The number of benzene rings is 1. The molecule has 1 aromatic heterocycles. The molecule has 4 N–H and O–H groups in total. The molecule has 33 heavy (non-hydrogen) atoms. The maximum atomic E-state index is 15.0. The first-order chi connectivity index (χ1) is 15.7. The molecule has 1 fully saturated rings. The van der Waals surface area contributed by atoms with Crippen molar-refractivity contribution in [2.24, 2.45) is 0 Å². The minimum atomic E-state index is -1.45. The summed E-state index contributed by atoms with van der Waals surface area (Å²) in [6.07, 6.45) is 6.25. The maximum Gasteiger partial charge on any atom is 0.341 e. The van der Waals surface area contributed by atoms with Crippen LogP contribution < -0.4 is 21.4 Å². The van der Waals surface area contributed by atoms with Gasteiger partial charge in [0.1, 0.15) is 11.4 Å². The average Bonchev–Trinajstić information content (AvgIpc) is 2.76. The quantitative estimate of drug-likeness (QED) is 0.479. The molecule has 9 nitrogen and oxygen atoms in total. The molecule has 0 saturated heterocycles. The van der Waals surface area contributed by atoms with Gasteiger partial charge in [0.25, 0.3) is 0 Å². The van der Waals surface area contributed by atoms with Crippen LogP contribution in [0.3, 0.4) is 0 Å². The summed E-state index contributed by atoms with van der Waals surface area (Å²) in [4.78, 5) is 47.6. The molecular weight excluding hydrogens is 431 g/mol. The van der Waals surface area contributed by atoms with Crippen LogP contribution in [0.1, 0.15) is 62.4 Å². The number of anilines is 1. The van der Waals surface area contributed by atoms with E-state index in [9.17, 15) is 28.7 Å². The van der Waals surface area contributed by atoms with E-state index in [1.54, 1.807) is 0 Å². The fourth-order valence-electron chi connectivity index (χ4n) is 4.19. The Morgan fingerprint density at radius 1 is 1.09 bits per heavy atom. The van der Waals surface area contributed by atoms with Crippen LogP contribution in [-0.2, 0) is 9.59 Å². The van der Waals surface area contributed by atoms with Crippen LogP contribution in [0.15, 0.2) is 23.1 Å². The molecule has 1 aliphatic carbocycles. The molecule has 1 heterocycles. The molecule has 3 rings (SSSR count).